The van der Waals surface area contributed by atoms with Crippen LogP contribution in [0.15, 0.2) is 24.3 Å². The van der Waals surface area contributed by atoms with Crippen LogP contribution in [0.1, 0.15) is 23.7 Å². The third-order valence-corrected chi connectivity index (χ3v) is 2.33. The third kappa shape index (κ3) is 2.63. The van der Waals surface area contributed by atoms with Gasteiger partial charge in [-0.25, -0.2) is 4.39 Å². The lowest BCUT2D eigenvalue weighted by atomic mass is 10.0. The Morgan fingerprint density at radius 1 is 1.40 bits per heavy atom. The molecule has 0 N–H and O–H groups in total. The Hall–Kier alpha value is -1.22. The fourth-order valence-electron chi connectivity index (χ4n) is 1.12. The van der Waals surface area contributed by atoms with Crippen molar-refractivity contribution in [1.29, 1.82) is 0 Å². The Labute approximate surface area is 92.0 Å². The van der Waals surface area contributed by atoms with Gasteiger partial charge in [0.15, 0.2) is 5.78 Å². The zero-order chi connectivity index (χ0) is 11.4. The van der Waals surface area contributed by atoms with Crippen molar-refractivity contribution in [2.75, 3.05) is 0 Å². The van der Waals surface area contributed by atoms with E-state index in [2.05, 4.69) is 0 Å². The summed E-state index contributed by atoms with van der Waals surface area (Å²) in [7, 11) is 0. The lowest BCUT2D eigenvalue weighted by Crippen LogP contribution is -2.25. The van der Waals surface area contributed by atoms with E-state index in [1.165, 1.54) is 19.1 Å². The van der Waals surface area contributed by atoms with Gasteiger partial charge in [0.05, 0.1) is 5.02 Å². The largest absolute Gasteiger partial charge is 0.296 e. The lowest BCUT2D eigenvalue weighted by molar-refractivity contribution is -0.121. The van der Waals surface area contributed by atoms with Crippen LogP contribution in [-0.4, -0.2) is 17.7 Å². The van der Waals surface area contributed by atoms with Gasteiger partial charge in [-0.15, -0.1) is 0 Å². The third-order valence-electron chi connectivity index (χ3n) is 2.00. The molecule has 0 saturated heterocycles. The summed E-state index contributed by atoms with van der Waals surface area (Å²) in [5.74, 6) is -1.59. The molecule has 0 fully saturated rings. The summed E-state index contributed by atoms with van der Waals surface area (Å²) in [5, 5.41) is 0.161. The molecule has 0 heterocycles. The van der Waals surface area contributed by atoms with E-state index in [0.717, 1.165) is 0 Å². The average molecular weight is 229 g/mol. The normalized spacial score (nSPS) is 12.2. The van der Waals surface area contributed by atoms with Crippen molar-refractivity contribution in [1.82, 2.24) is 0 Å². The number of hydrogen-bond donors (Lipinski definition) is 0. The minimum absolute atomic E-state index is 0.00262. The van der Waals surface area contributed by atoms with E-state index in [9.17, 15) is 14.0 Å². The minimum Gasteiger partial charge on any atom is -0.296 e. The van der Waals surface area contributed by atoms with Gasteiger partial charge in [-0.3, -0.25) is 9.59 Å². The standard InChI is InChI=1S/C11H10ClFO2/c1-2-9(14)10(13)11(15)7-5-3-4-6-8(7)12/h3-6,10H,2H2,1H3. The Kier molecular flexibility index (Phi) is 3.97. The highest BCUT2D eigenvalue weighted by atomic mass is 35.5. The van der Waals surface area contributed by atoms with E-state index in [0.29, 0.717) is 0 Å². The molecule has 4 heteroatoms. The van der Waals surface area contributed by atoms with E-state index < -0.39 is 17.7 Å². The number of ketones is 2. The summed E-state index contributed by atoms with van der Waals surface area (Å²) in [5.41, 5.74) is 0.0495. The topological polar surface area (TPSA) is 34.1 Å². The van der Waals surface area contributed by atoms with Crippen LogP contribution in [0.4, 0.5) is 4.39 Å². The molecule has 2 nitrogen and oxygen atoms in total. The maximum atomic E-state index is 13.3. The summed E-state index contributed by atoms with van der Waals surface area (Å²) in [6.07, 6.45) is -2.10. The second-order valence-electron chi connectivity index (χ2n) is 3.03. The van der Waals surface area contributed by atoms with Crippen molar-refractivity contribution < 1.29 is 14.0 Å². The van der Waals surface area contributed by atoms with Gasteiger partial charge in [0.2, 0.25) is 12.0 Å². The Morgan fingerprint density at radius 3 is 2.53 bits per heavy atom. The zero-order valence-electron chi connectivity index (χ0n) is 8.17. The van der Waals surface area contributed by atoms with Crippen LogP contribution < -0.4 is 0 Å². The first-order chi connectivity index (χ1) is 7.07. The quantitative estimate of drug-likeness (QED) is 0.587. The molecule has 0 aliphatic heterocycles. The zero-order valence-corrected chi connectivity index (χ0v) is 8.92. The molecular formula is C11H10ClFO2. The van der Waals surface area contributed by atoms with E-state index >= 15 is 0 Å². The second kappa shape index (κ2) is 5.03. The number of halogens is 2. The number of carbonyl (C=O) groups is 2. The number of benzene rings is 1. The molecule has 0 saturated carbocycles. The molecule has 0 amide bonds. The summed E-state index contributed by atoms with van der Waals surface area (Å²) in [4.78, 5) is 22.5. The number of alkyl halides is 1. The molecule has 0 aliphatic carbocycles. The fraction of sp³-hybridized carbons (Fsp3) is 0.273. The molecule has 1 unspecified atom stereocenters. The van der Waals surface area contributed by atoms with Crippen molar-refractivity contribution in [2.24, 2.45) is 0 Å². The second-order valence-corrected chi connectivity index (χ2v) is 3.43. The molecule has 1 rings (SSSR count). The van der Waals surface area contributed by atoms with Crippen LogP contribution in [0.3, 0.4) is 0 Å². The molecule has 0 bridgehead atoms. The predicted molar refractivity (Wildman–Crippen MR) is 56.0 cm³/mol. The molecule has 0 radical (unpaired) electrons. The maximum Gasteiger partial charge on any atom is 0.220 e. The lowest BCUT2D eigenvalue weighted by Gasteiger charge is -2.06. The van der Waals surface area contributed by atoms with Crippen molar-refractivity contribution >= 4 is 23.2 Å². The molecule has 0 aliphatic rings. The smallest absolute Gasteiger partial charge is 0.220 e. The highest BCUT2D eigenvalue weighted by molar-refractivity contribution is 6.34. The van der Waals surface area contributed by atoms with Crippen LogP contribution in [0.5, 0.6) is 0 Å². The van der Waals surface area contributed by atoms with Gasteiger partial charge < -0.3 is 0 Å². The molecule has 80 valence electrons. The van der Waals surface area contributed by atoms with Gasteiger partial charge in [-0.05, 0) is 12.1 Å². The van der Waals surface area contributed by atoms with Gasteiger partial charge in [-0.2, -0.15) is 0 Å². The summed E-state index contributed by atoms with van der Waals surface area (Å²) < 4.78 is 13.3. The molecule has 15 heavy (non-hydrogen) atoms. The monoisotopic (exact) mass is 228 g/mol. The SMILES string of the molecule is CCC(=O)C(F)C(=O)c1ccccc1Cl. The highest BCUT2D eigenvalue weighted by Gasteiger charge is 2.26. The van der Waals surface area contributed by atoms with Gasteiger partial charge in [0, 0.05) is 12.0 Å². The van der Waals surface area contributed by atoms with Crippen molar-refractivity contribution in [3.8, 4) is 0 Å². The van der Waals surface area contributed by atoms with E-state index in [-0.39, 0.29) is 17.0 Å². The van der Waals surface area contributed by atoms with E-state index in [1.54, 1.807) is 12.1 Å². The summed E-state index contributed by atoms with van der Waals surface area (Å²) in [6, 6.07) is 6.09. The Balaban J connectivity index is 2.95. The molecule has 1 aromatic rings. The highest BCUT2D eigenvalue weighted by Crippen LogP contribution is 2.18. The number of Topliss-reactive ketones (excluding diaryl/α,β-unsaturated/α-hetero) is 2. The van der Waals surface area contributed by atoms with Crippen LogP contribution in [0, 0.1) is 0 Å². The van der Waals surface area contributed by atoms with E-state index in [1.807, 2.05) is 0 Å². The van der Waals surface area contributed by atoms with Crippen LogP contribution in [0.25, 0.3) is 0 Å². The minimum atomic E-state index is -2.10. The number of hydrogen-bond acceptors (Lipinski definition) is 2. The summed E-state index contributed by atoms with van der Waals surface area (Å²) >= 11 is 5.71. The molecule has 1 aromatic carbocycles. The average Bonchev–Trinajstić information content (AvgIpc) is 2.26. The molecule has 0 spiro atoms. The Bertz CT molecular complexity index is 390. The Morgan fingerprint density at radius 2 is 2.00 bits per heavy atom. The fourth-order valence-corrected chi connectivity index (χ4v) is 1.35. The van der Waals surface area contributed by atoms with Crippen molar-refractivity contribution in [3.05, 3.63) is 34.9 Å². The maximum absolute atomic E-state index is 13.3. The van der Waals surface area contributed by atoms with Gasteiger partial charge >= 0.3 is 0 Å². The van der Waals surface area contributed by atoms with E-state index in [4.69, 9.17) is 11.6 Å². The van der Waals surface area contributed by atoms with Crippen molar-refractivity contribution in [3.63, 3.8) is 0 Å². The van der Waals surface area contributed by atoms with Crippen LogP contribution >= 0.6 is 11.6 Å². The van der Waals surface area contributed by atoms with Gasteiger partial charge in [0.25, 0.3) is 0 Å². The molecule has 0 aromatic heterocycles. The molecule has 1 atom stereocenters. The molecular weight excluding hydrogens is 219 g/mol. The van der Waals surface area contributed by atoms with Crippen LogP contribution in [0.2, 0.25) is 5.02 Å². The van der Waals surface area contributed by atoms with Gasteiger partial charge in [-0.1, -0.05) is 30.7 Å². The van der Waals surface area contributed by atoms with Gasteiger partial charge in [0.1, 0.15) is 0 Å². The number of carbonyl (C=O) groups excluding carboxylic acids is 2. The first kappa shape index (κ1) is 11.9. The predicted octanol–water partition coefficient (Wildman–Crippen LogP) is 2.84. The first-order valence-electron chi connectivity index (χ1n) is 4.53. The van der Waals surface area contributed by atoms with Crippen LogP contribution in [-0.2, 0) is 4.79 Å². The summed E-state index contributed by atoms with van der Waals surface area (Å²) in [6.45, 7) is 1.51. The number of rotatable bonds is 4. The first-order valence-corrected chi connectivity index (χ1v) is 4.91. The van der Waals surface area contributed by atoms with Crippen molar-refractivity contribution in [2.45, 2.75) is 19.5 Å².